The van der Waals surface area contributed by atoms with E-state index in [9.17, 15) is 9.59 Å². The minimum Gasteiger partial charge on any atom is -0.450 e. The second-order valence-corrected chi connectivity index (χ2v) is 7.37. The van der Waals surface area contributed by atoms with Gasteiger partial charge >= 0.3 is 6.09 Å². The molecule has 0 atom stereocenters. The third kappa shape index (κ3) is 4.18. The van der Waals surface area contributed by atoms with Crippen molar-refractivity contribution in [3.63, 3.8) is 0 Å². The summed E-state index contributed by atoms with van der Waals surface area (Å²) in [6, 6.07) is 11.9. The highest BCUT2D eigenvalue weighted by Gasteiger charge is 2.26. The van der Waals surface area contributed by atoms with Gasteiger partial charge in [-0.3, -0.25) is 4.79 Å². The molecule has 2 aliphatic rings. The molecule has 29 heavy (non-hydrogen) atoms. The lowest BCUT2D eigenvalue weighted by atomic mass is 10.0. The second-order valence-electron chi connectivity index (χ2n) is 7.37. The number of likely N-dealkylation sites (tertiary alicyclic amines) is 1. The van der Waals surface area contributed by atoms with Crippen LogP contribution >= 0.6 is 0 Å². The van der Waals surface area contributed by atoms with Crippen LogP contribution in [0.25, 0.3) is 0 Å². The Morgan fingerprint density at radius 3 is 2.76 bits per heavy atom. The number of hydrogen-bond donors (Lipinski definition) is 1. The first-order valence-corrected chi connectivity index (χ1v) is 10.2. The number of amides is 2. The number of para-hydroxylation sites is 1. The number of benzene rings is 1. The van der Waals surface area contributed by atoms with Crippen LogP contribution in [0.15, 0.2) is 42.6 Å². The van der Waals surface area contributed by atoms with Gasteiger partial charge in [0.1, 0.15) is 5.82 Å². The van der Waals surface area contributed by atoms with Crippen LogP contribution in [-0.2, 0) is 11.2 Å². The van der Waals surface area contributed by atoms with Crippen LogP contribution in [0, 0.1) is 0 Å². The van der Waals surface area contributed by atoms with Crippen molar-refractivity contribution in [2.24, 2.45) is 0 Å². The quantitative estimate of drug-likeness (QED) is 0.862. The number of nitrogens with zero attached hydrogens (tertiary/aromatic N) is 3. The zero-order chi connectivity index (χ0) is 20.2. The van der Waals surface area contributed by atoms with E-state index in [2.05, 4.69) is 27.3 Å². The van der Waals surface area contributed by atoms with Crippen molar-refractivity contribution in [1.82, 2.24) is 15.2 Å². The maximum absolute atomic E-state index is 12.8. The van der Waals surface area contributed by atoms with Gasteiger partial charge in [-0.2, -0.15) is 0 Å². The number of fused-ring (bicyclic) bond motifs is 1. The largest absolute Gasteiger partial charge is 0.450 e. The number of ether oxygens (including phenoxy) is 1. The molecule has 1 saturated heterocycles. The number of piperidine rings is 1. The lowest BCUT2D eigenvalue weighted by Crippen LogP contribution is -2.46. The highest BCUT2D eigenvalue weighted by Crippen LogP contribution is 2.33. The number of rotatable bonds is 4. The van der Waals surface area contributed by atoms with Gasteiger partial charge in [-0.1, -0.05) is 18.2 Å². The molecule has 7 heteroatoms. The SMILES string of the molecule is CCOC(=O)N1CCC(NC(=O)c2ccnc(N3CCc4ccccc43)c2)CC1. The zero-order valence-electron chi connectivity index (χ0n) is 16.6. The summed E-state index contributed by atoms with van der Waals surface area (Å²) in [6.45, 7) is 4.23. The van der Waals surface area contributed by atoms with Gasteiger partial charge in [0.15, 0.2) is 0 Å². The summed E-state index contributed by atoms with van der Waals surface area (Å²) in [5.74, 6) is 0.690. The van der Waals surface area contributed by atoms with Gasteiger partial charge in [-0.15, -0.1) is 0 Å². The fourth-order valence-corrected chi connectivity index (χ4v) is 3.97. The summed E-state index contributed by atoms with van der Waals surface area (Å²) in [4.78, 5) is 32.9. The number of carbonyl (C=O) groups excluding carboxylic acids is 2. The number of nitrogens with one attached hydrogen (secondary N) is 1. The summed E-state index contributed by atoms with van der Waals surface area (Å²) < 4.78 is 5.04. The molecule has 3 heterocycles. The third-order valence-electron chi connectivity index (χ3n) is 5.53. The molecule has 0 unspecified atom stereocenters. The van der Waals surface area contributed by atoms with E-state index >= 15 is 0 Å². The maximum Gasteiger partial charge on any atom is 0.409 e. The van der Waals surface area contributed by atoms with Crippen molar-refractivity contribution < 1.29 is 14.3 Å². The molecule has 0 radical (unpaired) electrons. The molecule has 0 bridgehead atoms. The van der Waals surface area contributed by atoms with E-state index in [1.807, 2.05) is 18.2 Å². The number of carbonyl (C=O) groups is 2. The number of aromatic nitrogens is 1. The highest BCUT2D eigenvalue weighted by atomic mass is 16.6. The molecular formula is C22H26N4O3. The van der Waals surface area contributed by atoms with Gasteiger partial charge in [0, 0.05) is 43.1 Å². The van der Waals surface area contributed by atoms with E-state index in [0.717, 1.165) is 37.3 Å². The maximum atomic E-state index is 12.8. The number of pyridine rings is 1. The first kappa shape index (κ1) is 19.2. The van der Waals surface area contributed by atoms with Crippen molar-refractivity contribution >= 4 is 23.5 Å². The summed E-state index contributed by atoms with van der Waals surface area (Å²) >= 11 is 0. The fourth-order valence-electron chi connectivity index (χ4n) is 3.97. The van der Waals surface area contributed by atoms with Crippen molar-refractivity contribution in [3.8, 4) is 0 Å². The van der Waals surface area contributed by atoms with Crippen molar-refractivity contribution in [2.75, 3.05) is 31.1 Å². The highest BCUT2D eigenvalue weighted by molar-refractivity contribution is 5.95. The molecule has 1 aromatic carbocycles. The first-order valence-electron chi connectivity index (χ1n) is 10.2. The molecule has 0 aliphatic carbocycles. The molecule has 0 spiro atoms. The molecule has 4 rings (SSSR count). The van der Waals surface area contributed by atoms with Gasteiger partial charge in [-0.05, 0) is 49.9 Å². The minimum absolute atomic E-state index is 0.0531. The van der Waals surface area contributed by atoms with Crippen molar-refractivity contribution in [1.29, 1.82) is 0 Å². The Kier molecular flexibility index (Phi) is 5.64. The lowest BCUT2D eigenvalue weighted by molar-refractivity contribution is 0.0860. The van der Waals surface area contributed by atoms with Crippen LogP contribution in [0.5, 0.6) is 0 Å². The predicted octanol–water partition coefficient (Wildman–Crippen LogP) is 3.13. The van der Waals surface area contributed by atoms with E-state index in [0.29, 0.717) is 25.3 Å². The van der Waals surface area contributed by atoms with Gasteiger partial charge < -0.3 is 19.9 Å². The number of anilines is 2. The van der Waals surface area contributed by atoms with Gasteiger partial charge in [0.25, 0.3) is 5.91 Å². The van der Waals surface area contributed by atoms with E-state index in [1.165, 1.54) is 5.56 Å². The van der Waals surface area contributed by atoms with E-state index in [4.69, 9.17) is 4.74 Å². The summed E-state index contributed by atoms with van der Waals surface area (Å²) in [5, 5.41) is 3.10. The van der Waals surface area contributed by atoms with Gasteiger partial charge in [-0.25, -0.2) is 9.78 Å². The van der Waals surface area contributed by atoms with Crippen LogP contribution in [0.3, 0.4) is 0 Å². The Balaban J connectivity index is 1.38. The van der Waals surface area contributed by atoms with Crippen LogP contribution in [0.2, 0.25) is 0 Å². The number of hydrogen-bond acceptors (Lipinski definition) is 5. The Morgan fingerprint density at radius 2 is 1.97 bits per heavy atom. The topological polar surface area (TPSA) is 74.8 Å². The van der Waals surface area contributed by atoms with Crippen LogP contribution in [-0.4, -0.2) is 54.2 Å². The first-order chi connectivity index (χ1) is 14.2. The molecule has 2 aromatic rings. The molecular weight excluding hydrogens is 368 g/mol. The summed E-state index contributed by atoms with van der Waals surface area (Å²) in [6.07, 6.45) is 3.84. The molecule has 0 saturated carbocycles. The average molecular weight is 394 g/mol. The molecule has 2 amide bonds. The smallest absolute Gasteiger partial charge is 0.409 e. The molecule has 1 aromatic heterocycles. The van der Waals surface area contributed by atoms with Crippen LogP contribution in [0.4, 0.5) is 16.3 Å². The van der Waals surface area contributed by atoms with Gasteiger partial charge in [0.2, 0.25) is 0 Å². The fraction of sp³-hybridized carbons (Fsp3) is 0.409. The Hall–Kier alpha value is -3.09. The molecule has 7 nitrogen and oxygen atoms in total. The second kappa shape index (κ2) is 8.51. The summed E-state index contributed by atoms with van der Waals surface area (Å²) in [5.41, 5.74) is 3.06. The predicted molar refractivity (Wildman–Crippen MR) is 110 cm³/mol. The average Bonchev–Trinajstić information content (AvgIpc) is 3.19. The molecule has 1 N–H and O–H groups in total. The lowest BCUT2D eigenvalue weighted by Gasteiger charge is -2.31. The Labute approximate surface area is 170 Å². The zero-order valence-corrected chi connectivity index (χ0v) is 16.6. The van der Waals surface area contributed by atoms with Crippen molar-refractivity contribution in [2.45, 2.75) is 32.2 Å². The normalized spacial score (nSPS) is 16.4. The van der Waals surface area contributed by atoms with Crippen LogP contribution < -0.4 is 10.2 Å². The summed E-state index contributed by atoms with van der Waals surface area (Å²) in [7, 11) is 0. The van der Waals surface area contributed by atoms with Crippen LogP contribution in [0.1, 0.15) is 35.7 Å². The van der Waals surface area contributed by atoms with E-state index in [1.54, 1.807) is 24.1 Å². The standard InChI is InChI=1S/C22H26N4O3/c1-2-29-22(28)25-12-9-18(10-13-25)24-21(27)17-7-11-23-20(15-17)26-14-8-16-5-3-4-6-19(16)26/h3-7,11,15,18H,2,8-10,12-14H2,1H3,(H,24,27). The minimum atomic E-state index is -0.276. The Bertz CT molecular complexity index is 893. The Morgan fingerprint density at radius 1 is 1.17 bits per heavy atom. The van der Waals surface area contributed by atoms with Gasteiger partial charge in [0.05, 0.1) is 6.61 Å². The monoisotopic (exact) mass is 394 g/mol. The molecule has 1 fully saturated rings. The molecule has 2 aliphatic heterocycles. The van der Waals surface area contributed by atoms with E-state index in [-0.39, 0.29) is 18.0 Å². The van der Waals surface area contributed by atoms with Crippen molar-refractivity contribution in [3.05, 3.63) is 53.7 Å². The molecule has 152 valence electrons. The third-order valence-corrected chi connectivity index (χ3v) is 5.53. The van der Waals surface area contributed by atoms with E-state index < -0.39 is 0 Å².